The molecule has 0 unspecified atom stereocenters. The lowest BCUT2D eigenvalue weighted by molar-refractivity contribution is 0.796. The average molecular weight is 225 g/mol. The van der Waals surface area contributed by atoms with Crippen LogP contribution in [-0.4, -0.2) is 33.9 Å². The molecule has 0 amide bonds. The van der Waals surface area contributed by atoms with E-state index in [9.17, 15) is 4.79 Å². The summed E-state index contributed by atoms with van der Waals surface area (Å²) >= 11 is 1.34. The zero-order chi connectivity index (χ0) is 11.0. The fourth-order valence-electron chi connectivity index (χ4n) is 1.14. The number of anilines is 1. The highest BCUT2D eigenvalue weighted by Gasteiger charge is 2.11. The van der Waals surface area contributed by atoms with E-state index in [0.717, 1.165) is 5.13 Å². The molecule has 0 saturated carbocycles. The molecule has 80 valence electrons. The van der Waals surface area contributed by atoms with E-state index in [1.807, 2.05) is 25.9 Å². The van der Waals surface area contributed by atoms with Crippen LogP contribution in [0.25, 0.3) is 4.96 Å². The SMILES string of the molecule is CCc1nnc2sc(N(C)C)nn2c1=O. The molecule has 0 spiro atoms. The summed E-state index contributed by atoms with van der Waals surface area (Å²) in [6, 6.07) is 0. The molecule has 0 saturated heterocycles. The number of nitrogens with zero attached hydrogens (tertiary/aromatic N) is 5. The summed E-state index contributed by atoms with van der Waals surface area (Å²) in [6.45, 7) is 1.87. The Labute approximate surface area is 90.2 Å². The second-order valence-electron chi connectivity index (χ2n) is 3.28. The molecule has 0 aliphatic heterocycles. The lowest BCUT2D eigenvalue weighted by Crippen LogP contribution is -2.21. The summed E-state index contributed by atoms with van der Waals surface area (Å²) in [5.41, 5.74) is 0.273. The highest BCUT2D eigenvalue weighted by Crippen LogP contribution is 2.17. The molecule has 0 N–H and O–H groups in total. The van der Waals surface area contributed by atoms with Gasteiger partial charge in [-0.05, 0) is 6.42 Å². The van der Waals surface area contributed by atoms with Crippen LogP contribution in [0.4, 0.5) is 5.13 Å². The van der Waals surface area contributed by atoms with Gasteiger partial charge in [-0.2, -0.15) is 4.52 Å². The molecule has 2 aromatic rings. The standard InChI is InChI=1S/C8H11N5OS/c1-4-5-6(14)13-7(10-9-5)15-8(11-13)12(2)3/h4H2,1-3H3. The van der Waals surface area contributed by atoms with E-state index in [4.69, 9.17) is 0 Å². The topological polar surface area (TPSA) is 63.4 Å². The second-order valence-corrected chi connectivity index (χ2v) is 4.21. The fourth-order valence-corrected chi connectivity index (χ4v) is 1.90. The number of aryl methyl sites for hydroxylation is 1. The van der Waals surface area contributed by atoms with Crippen LogP contribution < -0.4 is 10.5 Å². The van der Waals surface area contributed by atoms with Crippen LogP contribution in [0.5, 0.6) is 0 Å². The minimum Gasteiger partial charge on any atom is -0.353 e. The molecular weight excluding hydrogens is 214 g/mol. The summed E-state index contributed by atoms with van der Waals surface area (Å²) in [5, 5.41) is 12.7. The van der Waals surface area contributed by atoms with Gasteiger partial charge in [0.15, 0.2) is 0 Å². The molecule has 0 aromatic carbocycles. The third-order valence-corrected chi connectivity index (χ3v) is 3.03. The number of aromatic nitrogens is 4. The van der Waals surface area contributed by atoms with Gasteiger partial charge in [-0.15, -0.1) is 15.3 Å². The largest absolute Gasteiger partial charge is 0.353 e. The fraction of sp³-hybridized carbons (Fsp3) is 0.500. The predicted octanol–water partition coefficient (Wildman–Crippen LogP) is 0.174. The van der Waals surface area contributed by atoms with Crippen molar-refractivity contribution in [2.75, 3.05) is 19.0 Å². The van der Waals surface area contributed by atoms with Gasteiger partial charge in [-0.25, -0.2) is 0 Å². The van der Waals surface area contributed by atoms with Crippen LogP contribution in [-0.2, 0) is 6.42 Å². The number of rotatable bonds is 2. The predicted molar refractivity (Wildman–Crippen MR) is 58.6 cm³/mol. The molecule has 6 nitrogen and oxygen atoms in total. The van der Waals surface area contributed by atoms with Gasteiger partial charge in [0, 0.05) is 14.1 Å². The quantitative estimate of drug-likeness (QED) is 0.729. The first kappa shape index (κ1) is 10.0. The van der Waals surface area contributed by atoms with Crippen LogP contribution in [0.2, 0.25) is 0 Å². The van der Waals surface area contributed by atoms with Gasteiger partial charge < -0.3 is 4.90 Å². The van der Waals surface area contributed by atoms with Crippen molar-refractivity contribution in [2.45, 2.75) is 13.3 Å². The van der Waals surface area contributed by atoms with Gasteiger partial charge in [0.05, 0.1) is 0 Å². The van der Waals surface area contributed by atoms with Gasteiger partial charge in [-0.3, -0.25) is 4.79 Å². The molecule has 0 aliphatic rings. The van der Waals surface area contributed by atoms with Crippen molar-refractivity contribution in [1.82, 2.24) is 19.8 Å². The van der Waals surface area contributed by atoms with Crippen LogP contribution in [0.3, 0.4) is 0 Å². The number of hydrogen-bond acceptors (Lipinski definition) is 6. The van der Waals surface area contributed by atoms with Gasteiger partial charge in [0.1, 0.15) is 5.69 Å². The van der Waals surface area contributed by atoms with Crippen molar-refractivity contribution >= 4 is 21.4 Å². The zero-order valence-electron chi connectivity index (χ0n) is 8.76. The maximum absolute atomic E-state index is 11.8. The first-order chi connectivity index (χ1) is 7.13. The van der Waals surface area contributed by atoms with E-state index in [-0.39, 0.29) is 5.56 Å². The van der Waals surface area contributed by atoms with Crippen molar-refractivity contribution < 1.29 is 0 Å². The number of fused-ring (bicyclic) bond motifs is 1. The summed E-state index contributed by atoms with van der Waals surface area (Å²) in [5.74, 6) is 0. The maximum atomic E-state index is 11.8. The molecule has 2 aromatic heterocycles. The first-order valence-electron chi connectivity index (χ1n) is 4.56. The Morgan fingerprint density at radius 3 is 2.73 bits per heavy atom. The van der Waals surface area contributed by atoms with Gasteiger partial charge in [0.2, 0.25) is 10.1 Å². The molecule has 7 heteroatoms. The summed E-state index contributed by atoms with van der Waals surface area (Å²) in [6.07, 6.45) is 0.573. The molecule has 0 bridgehead atoms. The smallest absolute Gasteiger partial charge is 0.297 e. The minimum absolute atomic E-state index is 0.174. The maximum Gasteiger partial charge on any atom is 0.297 e. The highest BCUT2D eigenvalue weighted by atomic mass is 32.1. The Balaban J connectivity index is 2.71. The van der Waals surface area contributed by atoms with E-state index < -0.39 is 0 Å². The molecule has 0 fully saturated rings. The average Bonchev–Trinajstić information content (AvgIpc) is 2.63. The normalized spacial score (nSPS) is 10.9. The van der Waals surface area contributed by atoms with E-state index in [1.54, 1.807) is 0 Å². The molecule has 0 radical (unpaired) electrons. The van der Waals surface area contributed by atoms with E-state index >= 15 is 0 Å². The molecule has 0 aliphatic carbocycles. The first-order valence-corrected chi connectivity index (χ1v) is 5.38. The van der Waals surface area contributed by atoms with Crippen molar-refractivity contribution in [1.29, 1.82) is 0 Å². The summed E-state index contributed by atoms with van der Waals surface area (Å²) < 4.78 is 1.31. The van der Waals surface area contributed by atoms with Crippen LogP contribution in [0.1, 0.15) is 12.6 Å². The summed E-state index contributed by atoms with van der Waals surface area (Å²) in [7, 11) is 3.74. The van der Waals surface area contributed by atoms with Crippen molar-refractivity contribution in [3.63, 3.8) is 0 Å². The molecule has 2 rings (SSSR count). The second kappa shape index (κ2) is 3.58. The Bertz CT molecular complexity index is 543. The Morgan fingerprint density at radius 2 is 2.13 bits per heavy atom. The molecular formula is C8H11N5OS. The van der Waals surface area contributed by atoms with Gasteiger partial charge >= 0.3 is 0 Å². The van der Waals surface area contributed by atoms with Gasteiger partial charge in [0.25, 0.3) is 5.56 Å². The third kappa shape index (κ3) is 1.58. The Hall–Kier alpha value is -1.50. The van der Waals surface area contributed by atoms with Gasteiger partial charge in [-0.1, -0.05) is 18.3 Å². The van der Waals surface area contributed by atoms with E-state index in [0.29, 0.717) is 17.1 Å². The number of hydrogen-bond donors (Lipinski definition) is 0. The van der Waals surface area contributed by atoms with Crippen LogP contribution >= 0.6 is 11.3 Å². The zero-order valence-corrected chi connectivity index (χ0v) is 9.58. The summed E-state index contributed by atoms with van der Waals surface area (Å²) in [4.78, 5) is 14.1. The Kier molecular flexibility index (Phi) is 2.39. The molecule has 0 atom stereocenters. The lowest BCUT2D eigenvalue weighted by atomic mass is 10.4. The van der Waals surface area contributed by atoms with Crippen molar-refractivity contribution in [2.24, 2.45) is 0 Å². The van der Waals surface area contributed by atoms with E-state index in [2.05, 4.69) is 15.3 Å². The third-order valence-electron chi connectivity index (χ3n) is 1.96. The molecule has 15 heavy (non-hydrogen) atoms. The van der Waals surface area contributed by atoms with Crippen molar-refractivity contribution in [3.8, 4) is 0 Å². The Morgan fingerprint density at radius 1 is 1.40 bits per heavy atom. The van der Waals surface area contributed by atoms with E-state index in [1.165, 1.54) is 15.9 Å². The van der Waals surface area contributed by atoms with Crippen LogP contribution in [0, 0.1) is 0 Å². The highest BCUT2D eigenvalue weighted by molar-refractivity contribution is 7.20. The minimum atomic E-state index is -0.174. The monoisotopic (exact) mass is 225 g/mol. The van der Waals surface area contributed by atoms with Crippen LogP contribution in [0.15, 0.2) is 4.79 Å². The molecule has 2 heterocycles. The van der Waals surface area contributed by atoms with Crippen molar-refractivity contribution in [3.05, 3.63) is 16.0 Å². The lowest BCUT2D eigenvalue weighted by Gasteiger charge is -2.03.